The molecule has 16 heavy (non-hydrogen) atoms. The molecule has 0 saturated heterocycles. The molecule has 0 saturated carbocycles. The Morgan fingerprint density at radius 2 is 2.31 bits per heavy atom. The van der Waals surface area contributed by atoms with Crippen LogP contribution in [0.1, 0.15) is 0 Å². The summed E-state index contributed by atoms with van der Waals surface area (Å²) in [7, 11) is 0. The van der Waals surface area contributed by atoms with E-state index in [2.05, 4.69) is 31.7 Å². The molecule has 0 radical (unpaired) electrons. The van der Waals surface area contributed by atoms with Crippen molar-refractivity contribution in [2.24, 2.45) is 5.73 Å². The summed E-state index contributed by atoms with van der Waals surface area (Å²) in [5.74, 6) is -0.624. The van der Waals surface area contributed by atoms with Crippen molar-refractivity contribution in [3.63, 3.8) is 0 Å². The maximum Gasteiger partial charge on any atom is 0.330 e. The summed E-state index contributed by atoms with van der Waals surface area (Å²) in [6.45, 7) is 3.53. The van der Waals surface area contributed by atoms with Gasteiger partial charge in [-0.1, -0.05) is 6.58 Å². The van der Waals surface area contributed by atoms with Crippen molar-refractivity contribution >= 4 is 5.97 Å². The van der Waals surface area contributed by atoms with Gasteiger partial charge < -0.3 is 15.6 Å². The molecule has 0 amide bonds. The van der Waals surface area contributed by atoms with E-state index in [1.165, 1.54) is 0 Å². The highest BCUT2D eigenvalue weighted by atomic mass is 17.5. The van der Waals surface area contributed by atoms with Gasteiger partial charge in [-0.2, -0.15) is 5.48 Å². The number of hydrogen-bond acceptors (Lipinski definition) is 8. The van der Waals surface area contributed by atoms with E-state index in [1.807, 2.05) is 0 Å². The maximum absolute atomic E-state index is 10.6. The lowest BCUT2D eigenvalue weighted by Gasteiger charge is -2.09. The predicted molar refractivity (Wildman–Crippen MR) is 52.3 cm³/mol. The number of rotatable bonds is 10. The number of carbonyl (C=O) groups excluding carboxylic acids is 1. The summed E-state index contributed by atoms with van der Waals surface area (Å²) < 4.78 is 4.53. The quantitative estimate of drug-likeness (QED) is 0.137. The molecule has 0 fully saturated rings. The van der Waals surface area contributed by atoms with Crippen LogP contribution in [0.2, 0.25) is 0 Å². The predicted octanol–water partition coefficient (Wildman–Crippen LogP) is -1.58. The second-order valence-corrected chi connectivity index (χ2v) is 2.61. The molecular formula is C8H16N2O6. The monoisotopic (exact) mass is 236 g/mol. The van der Waals surface area contributed by atoms with E-state index in [-0.39, 0.29) is 13.2 Å². The molecule has 4 N–H and O–H groups in total. The zero-order chi connectivity index (χ0) is 12.2. The van der Waals surface area contributed by atoms with Gasteiger partial charge >= 0.3 is 5.97 Å². The summed E-state index contributed by atoms with van der Waals surface area (Å²) in [4.78, 5) is 19.3. The molecule has 8 heteroatoms. The second-order valence-electron chi connectivity index (χ2n) is 2.61. The van der Waals surface area contributed by atoms with Gasteiger partial charge in [-0.3, -0.25) is 0 Å². The topological polar surface area (TPSA) is 112 Å². The zero-order valence-corrected chi connectivity index (χ0v) is 8.76. The van der Waals surface area contributed by atoms with Crippen molar-refractivity contribution in [2.75, 3.05) is 26.3 Å². The van der Waals surface area contributed by atoms with Crippen LogP contribution in [-0.2, 0) is 24.4 Å². The minimum absolute atomic E-state index is 0.214. The Hall–Kier alpha value is -1.03. The van der Waals surface area contributed by atoms with Gasteiger partial charge in [0.05, 0.1) is 0 Å². The van der Waals surface area contributed by atoms with Gasteiger partial charge in [0.25, 0.3) is 0 Å². The standard InChI is InChI=1S/C8H16N2O6/c1-2-8(12)13-5-7(11)6-14-16-15-10-4-3-9/h2,7,10-11H,1,3-6,9H2. The van der Waals surface area contributed by atoms with Crippen LogP contribution >= 0.6 is 0 Å². The van der Waals surface area contributed by atoms with Crippen LogP contribution in [0.3, 0.4) is 0 Å². The first-order valence-corrected chi connectivity index (χ1v) is 4.56. The second kappa shape index (κ2) is 10.5. The van der Waals surface area contributed by atoms with E-state index in [9.17, 15) is 9.90 Å². The summed E-state index contributed by atoms with van der Waals surface area (Å²) in [6, 6.07) is 0. The molecule has 0 aliphatic carbocycles. The summed E-state index contributed by atoms with van der Waals surface area (Å²) in [5, 5.41) is 13.3. The minimum atomic E-state index is -1.01. The Bertz CT molecular complexity index is 201. The number of hydroxylamine groups is 1. The van der Waals surface area contributed by atoms with Gasteiger partial charge in [0, 0.05) is 19.2 Å². The van der Waals surface area contributed by atoms with Crippen molar-refractivity contribution in [3.8, 4) is 0 Å². The van der Waals surface area contributed by atoms with Crippen LogP contribution in [0, 0.1) is 0 Å². The van der Waals surface area contributed by atoms with E-state index in [4.69, 9.17) is 5.73 Å². The molecule has 0 aliphatic rings. The number of nitrogens with one attached hydrogen (secondary N) is 1. The average Bonchev–Trinajstić information content (AvgIpc) is 2.30. The number of aliphatic hydroxyl groups excluding tert-OH is 1. The van der Waals surface area contributed by atoms with Gasteiger partial charge in [-0.25, -0.2) is 9.68 Å². The van der Waals surface area contributed by atoms with Crippen molar-refractivity contribution in [3.05, 3.63) is 12.7 Å². The van der Waals surface area contributed by atoms with Crippen molar-refractivity contribution in [2.45, 2.75) is 6.10 Å². The number of nitrogens with two attached hydrogens (primary N) is 1. The number of aliphatic hydroxyl groups is 1. The number of carbonyl (C=O) groups is 1. The van der Waals surface area contributed by atoms with Crippen LogP contribution in [0.4, 0.5) is 0 Å². The molecule has 94 valence electrons. The molecule has 0 spiro atoms. The molecule has 1 atom stereocenters. The highest BCUT2D eigenvalue weighted by molar-refractivity contribution is 5.81. The summed E-state index contributed by atoms with van der Waals surface area (Å²) >= 11 is 0. The first-order chi connectivity index (χ1) is 7.70. The lowest BCUT2D eigenvalue weighted by atomic mass is 10.4. The average molecular weight is 236 g/mol. The zero-order valence-electron chi connectivity index (χ0n) is 8.76. The minimum Gasteiger partial charge on any atom is -0.460 e. The normalized spacial score (nSPS) is 12.1. The summed E-state index contributed by atoms with van der Waals surface area (Å²) in [5.41, 5.74) is 7.45. The molecule has 0 aromatic rings. The van der Waals surface area contributed by atoms with Crippen LogP contribution in [0.25, 0.3) is 0 Å². The van der Waals surface area contributed by atoms with Gasteiger partial charge in [-0.05, 0) is 5.04 Å². The molecule has 0 aliphatic heterocycles. The van der Waals surface area contributed by atoms with Crippen LogP contribution < -0.4 is 11.2 Å². The third-order valence-electron chi connectivity index (χ3n) is 1.23. The van der Waals surface area contributed by atoms with Crippen molar-refractivity contribution in [1.82, 2.24) is 5.48 Å². The molecule has 1 unspecified atom stereocenters. The Labute approximate surface area is 92.7 Å². The molecule has 8 nitrogen and oxygen atoms in total. The van der Waals surface area contributed by atoms with Gasteiger partial charge in [0.1, 0.15) is 19.3 Å². The van der Waals surface area contributed by atoms with Gasteiger partial charge in [-0.15, -0.1) is 4.99 Å². The van der Waals surface area contributed by atoms with E-state index in [1.54, 1.807) is 0 Å². The van der Waals surface area contributed by atoms with Crippen LogP contribution in [0.15, 0.2) is 12.7 Å². The molecule has 0 heterocycles. The van der Waals surface area contributed by atoms with E-state index < -0.39 is 12.1 Å². The Morgan fingerprint density at radius 1 is 1.56 bits per heavy atom. The molecule has 0 aromatic heterocycles. The van der Waals surface area contributed by atoms with E-state index in [0.29, 0.717) is 13.1 Å². The molecule has 0 bridgehead atoms. The highest BCUT2D eigenvalue weighted by Crippen LogP contribution is 1.90. The summed E-state index contributed by atoms with van der Waals surface area (Å²) in [6.07, 6.45) is -0.0220. The number of ether oxygens (including phenoxy) is 1. The third kappa shape index (κ3) is 9.52. The van der Waals surface area contributed by atoms with Crippen molar-refractivity contribution in [1.29, 1.82) is 0 Å². The molecule has 0 rings (SSSR count). The van der Waals surface area contributed by atoms with Gasteiger partial charge in [0.15, 0.2) is 0 Å². The Kier molecular flexibility index (Phi) is 9.81. The van der Waals surface area contributed by atoms with Crippen molar-refractivity contribution < 1.29 is 29.6 Å². The van der Waals surface area contributed by atoms with E-state index >= 15 is 0 Å². The van der Waals surface area contributed by atoms with Crippen LogP contribution in [0.5, 0.6) is 0 Å². The fourth-order valence-electron chi connectivity index (χ4n) is 0.540. The maximum atomic E-state index is 10.6. The lowest BCUT2D eigenvalue weighted by Crippen LogP contribution is -2.26. The molecule has 0 aromatic carbocycles. The molecular weight excluding hydrogens is 220 g/mol. The fourth-order valence-corrected chi connectivity index (χ4v) is 0.540. The third-order valence-corrected chi connectivity index (χ3v) is 1.23. The first-order valence-electron chi connectivity index (χ1n) is 4.56. The Balaban J connectivity index is 3.26. The van der Waals surface area contributed by atoms with Gasteiger partial charge in [0.2, 0.25) is 0 Å². The number of esters is 1. The fraction of sp³-hybridized carbons (Fsp3) is 0.625. The lowest BCUT2D eigenvalue weighted by molar-refractivity contribution is -0.536. The first kappa shape index (κ1) is 15.0. The Morgan fingerprint density at radius 3 is 2.94 bits per heavy atom. The highest BCUT2D eigenvalue weighted by Gasteiger charge is 2.07. The van der Waals surface area contributed by atoms with Crippen LogP contribution in [-0.4, -0.2) is 43.5 Å². The SMILES string of the molecule is C=CC(=O)OCC(O)COOONCCN. The number of hydrogen-bond donors (Lipinski definition) is 3. The van der Waals surface area contributed by atoms with E-state index in [0.717, 1.165) is 6.08 Å². The largest absolute Gasteiger partial charge is 0.460 e. The smallest absolute Gasteiger partial charge is 0.330 e.